The fourth-order valence-electron chi connectivity index (χ4n) is 4.50. The van der Waals surface area contributed by atoms with Crippen molar-refractivity contribution in [3.63, 3.8) is 0 Å². The maximum atomic E-state index is 14.7. The molecule has 1 aliphatic carbocycles. The smallest absolute Gasteiger partial charge is 0.336 e. The van der Waals surface area contributed by atoms with Gasteiger partial charge in [0.2, 0.25) is 5.91 Å². The Morgan fingerprint density at radius 3 is 2.53 bits per heavy atom. The van der Waals surface area contributed by atoms with E-state index in [0.717, 1.165) is 0 Å². The Balaban J connectivity index is 2.04. The van der Waals surface area contributed by atoms with Crippen LogP contribution in [-0.2, 0) is 11.8 Å². The van der Waals surface area contributed by atoms with Gasteiger partial charge in [-0.1, -0.05) is 24.8 Å². The number of carbonyl (C=O) groups excluding carboxylic acids is 1. The lowest BCUT2D eigenvalue weighted by atomic mass is 10.1. The number of anilines is 2. The number of benzene rings is 1. The van der Waals surface area contributed by atoms with Gasteiger partial charge in [-0.05, 0) is 56.5 Å². The molecule has 1 saturated carbocycles. The third-order valence-electron chi connectivity index (χ3n) is 6.50. The van der Waals surface area contributed by atoms with Crippen LogP contribution < -0.4 is 27.4 Å². The molecule has 9 nitrogen and oxygen atoms in total. The van der Waals surface area contributed by atoms with E-state index in [1.54, 1.807) is 44.2 Å². The zero-order valence-corrected chi connectivity index (χ0v) is 21.8. The van der Waals surface area contributed by atoms with E-state index in [2.05, 4.69) is 17.2 Å². The predicted octanol–water partition coefficient (Wildman–Crippen LogP) is 3.85. The Bertz CT molecular complexity index is 1700. The second-order valence-corrected chi connectivity index (χ2v) is 9.25. The number of aryl methyl sites for hydroxylation is 1. The molecule has 0 unspecified atom stereocenters. The molecule has 10 heteroatoms. The van der Waals surface area contributed by atoms with Crippen LogP contribution in [-0.4, -0.2) is 26.2 Å². The molecule has 2 aromatic heterocycles. The molecular formula is C28H30FN5O4. The number of allylic oxidation sites excluding steroid dienone is 4. The summed E-state index contributed by atoms with van der Waals surface area (Å²) < 4.78 is 18.5. The predicted molar refractivity (Wildman–Crippen MR) is 148 cm³/mol. The van der Waals surface area contributed by atoms with Crippen LogP contribution in [0, 0.1) is 6.92 Å². The van der Waals surface area contributed by atoms with Crippen molar-refractivity contribution in [3.05, 3.63) is 97.2 Å². The average molecular weight is 520 g/mol. The largest absolute Gasteiger partial charge is 0.364 e. The van der Waals surface area contributed by atoms with E-state index in [-0.39, 0.29) is 40.8 Å². The zero-order valence-electron chi connectivity index (χ0n) is 21.8. The Labute approximate surface area is 218 Å². The van der Waals surface area contributed by atoms with Gasteiger partial charge in [0.15, 0.2) is 0 Å². The second kappa shape index (κ2) is 10.5. The number of hydrogen-bond donors (Lipinski definition) is 2. The zero-order chi connectivity index (χ0) is 27.7. The van der Waals surface area contributed by atoms with Gasteiger partial charge < -0.3 is 10.6 Å². The molecule has 0 bridgehead atoms. The first-order valence-corrected chi connectivity index (χ1v) is 12.3. The van der Waals surface area contributed by atoms with Crippen LogP contribution in [0.4, 0.5) is 15.9 Å². The highest BCUT2D eigenvalue weighted by atomic mass is 19.1. The number of amides is 1. The van der Waals surface area contributed by atoms with Crippen LogP contribution in [0.5, 0.6) is 0 Å². The van der Waals surface area contributed by atoms with E-state index < -0.39 is 22.6 Å². The summed E-state index contributed by atoms with van der Waals surface area (Å²) in [4.78, 5) is 52.4. The van der Waals surface area contributed by atoms with Gasteiger partial charge in [-0.2, -0.15) is 0 Å². The Kier molecular flexibility index (Phi) is 7.34. The van der Waals surface area contributed by atoms with Crippen molar-refractivity contribution in [1.82, 2.24) is 13.7 Å². The fourth-order valence-corrected chi connectivity index (χ4v) is 4.50. The van der Waals surface area contributed by atoms with E-state index in [0.29, 0.717) is 29.8 Å². The highest BCUT2D eigenvalue weighted by molar-refractivity contribution is 5.93. The first kappa shape index (κ1) is 26.6. The van der Waals surface area contributed by atoms with Gasteiger partial charge >= 0.3 is 5.69 Å². The number of nitrogens with one attached hydrogen (secondary N) is 2. The van der Waals surface area contributed by atoms with E-state index >= 15 is 0 Å². The summed E-state index contributed by atoms with van der Waals surface area (Å²) in [6, 6.07) is 6.33. The van der Waals surface area contributed by atoms with Gasteiger partial charge in [0.25, 0.3) is 11.1 Å². The van der Waals surface area contributed by atoms with E-state index in [4.69, 9.17) is 0 Å². The molecule has 198 valence electrons. The molecule has 0 saturated heterocycles. The minimum atomic E-state index is -0.581. The lowest BCUT2D eigenvalue weighted by Crippen LogP contribution is -2.41. The lowest BCUT2D eigenvalue weighted by Gasteiger charge is -2.20. The number of nitrogens with zero attached hydrogens (tertiary/aromatic N) is 3. The van der Waals surface area contributed by atoms with Crippen molar-refractivity contribution < 1.29 is 9.18 Å². The highest BCUT2D eigenvalue weighted by Crippen LogP contribution is 2.33. The molecule has 1 amide bonds. The number of pyridine rings is 1. The average Bonchev–Trinajstić information content (AvgIpc) is 3.71. The Hall–Kier alpha value is -4.47. The number of halogens is 1. The Morgan fingerprint density at radius 2 is 1.92 bits per heavy atom. The molecule has 0 spiro atoms. The molecule has 1 fully saturated rings. The number of rotatable bonds is 8. The maximum Gasteiger partial charge on any atom is 0.336 e. The van der Waals surface area contributed by atoms with Crippen LogP contribution in [0.25, 0.3) is 16.6 Å². The molecule has 0 atom stereocenters. The monoisotopic (exact) mass is 519 g/mol. The summed E-state index contributed by atoms with van der Waals surface area (Å²) in [5, 5.41) is 5.70. The molecular weight excluding hydrogens is 489 g/mol. The third-order valence-corrected chi connectivity index (χ3v) is 6.50. The number of aromatic nitrogens is 3. The summed E-state index contributed by atoms with van der Waals surface area (Å²) in [6.45, 7) is 8.03. The SMILES string of the molecule is C=CC(=C/C)/C=C(/F)CNc1c2c(=O)n(C3CC3)c(=O)n(-c3cccc(NC(C)=O)c3)c2c(C)c(=O)n1C. The third kappa shape index (κ3) is 4.89. The molecule has 0 aliphatic heterocycles. The molecule has 4 rings (SSSR count). The van der Waals surface area contributed by atoms with Crippen LogP contribution in [0.15, 0.2) is 74.9 Å². The van der Waals surface area contributed by atoms with Crippen molar-refractivity contribution in [2.45, 2.75) is 39.7 Å². The lowest BCUT2D eigenvalue weighted by molar-refractivity contribution is -0.114. The van der Waals surface area contributed by atoms with E-state index in [1.165, 1.54) is 39.8 Å². The molecule has 1 aliphatic rings. The molecule has 2 heterocycles. The van der Waals surface area contributed by atoms with Crippen molar-refractivity contribution in [1.29, 1.82) is 0 Å². The summed E-state index contributed by atoms with van der Waals surface area (Å²) in [6.07, 6.45) is 5.86. The number of hydrogen-bond acceptors (Lipinski definition) is 5. The van der Waals surface area contributed by atoms with Gasteiger partial charge in [0, 0.05) is 31.3 Å². The standard InChI is InChI=1S/C28H30FN5O4/c1-6-18(7-2)13-19(29)15-30-25-23-24(16(3)26(36)32(25)5)33(28(38)34(27(23)37)21-11-12-21)22-10-8-9-20(14-22)31-17(4)35/h6-10,13-14,21,30H,1,11-12,15H2,2-5H3,(H,31,35)/b18-7-,19-13+. The summed E-state index contributed by atoms with van der Waals surface area (Å²) in [5.41, 5.74) is 0.150. The van der Waals surface area contributed by atoms with Crippen LogP contribution >= 0.6 is 0 Å². The van der Waals surface area contributed by atoms with Gasteiger partial charge in [-0.15, -0.1) is 0 Å². The number of carbonyl (C=O) groups is 1. The highest BCUT2D eigenvalue weighted by Gasteiger charge is 2.31. The summed E-state index contributed by atoms with van der Waals surface area (Å²) in [7, 11) is 1.49. The molecule has 1 aromatic carbocycles. The molecule has 3 aromatic rings. The molecule has 38 heavy (non-hydrogen) atoms. The minimum absolute atomic E-state index is 0.101. The first-order chi connectivity index (χ1) is 18.1. The maximum absolute atomic E-state index is 14.7. The normalized spacial score (nSPS) is 14.0. The minimum Gasteiger partial charge on any atom is -0.364 e. The van der Waals surface area contributed by atoms with Crippen molar-refractivity contribution in [2.24, 2.45) is 7.05 Å². The Morgan fingerprint density at radius 1 is 1.21 bits per heavy atom. The van der Waals surface area contributed by atoms with E-state index in [1.807, 2.05) is 0 Å². The fraction of sp³-hybridized carbons (Fsp3) is 0.286. The second-order valence-electron chi connectivity index (χ2n) is 9.25. The van der Waals surface area contributed by atoms with Crippen LogP contribution in [0.1, 0.15) is 38.3 Å². The topological polar surface area (TPSA) is 107 Å². The molecule has 0 radical (unpaired) electrons. The quantitative estimate of drug-likeness (QED) is 0.440. The van der Waals surface area contributed by atoms with Gasteiger partial charge in [-0.25, -0.2) is 9.18 Å². The van der Waals surface area contributed by atoms with Crippen molar-refractivity contribution in [3.8, 4) is 5.69 Å². The summed E-state index contributed by atoms with van der Waals surface area (Å²) in [5.74, 6) is -0.713. The molecule has 2 N–H and O–H groups in total. The van der Waals surface area contributed by atoms with Crippen molar-refractivity contribution in [2.75, 3.05) is 17.2 Å². The van der Waals surface area contributed by atoms with Crippen molar-refractivity contribution >= 4 is 28.3 Å². The van der Waals surface area contributed by atoms with Crippen LogP contribution in [0.3, 0.4) is 0 Å². The van der Waals surface area contributed by atoms with Crippen LogP contribution in [0.2, 0.25) is 0 Å². The van der Waals surface area contributed by atoms with Gasteiger partial charge in [0.1, 0.15) is 17.0 Å². The number of fused-ring (bicyclic) bond motifs is 1. The van der Waals surface area contributed by atoms with E-state index in [9.17, 15) is 23.6 Å². The first-order valence-electron chi connectivity index (χ1n) is 12.3. The van der Waals surface area contributed by atoms with Gasteiger partial charge in [0.05, 0.1) is 17.7 Å². The summed E-state index contributed by atoms with van der Waals surface area (Å²) >= 11 is 0. The van der Waals surface area contributed by atoms with Gasteiger partial charge in [-0.3, -0.25) is 28.1 Å².